The molecule has 0 aliphatic carbocycles. The van der Waals surface area contributed by atoms with Crippen LogP contribution in [0.3, 0.4) is 0 Å². The number of aromatic nitrogens is 2. The summed E-state index contributed by atoms with van der Waals surface area (Å²) >= 11 is 6.21. The molecule has 1 amide bonds. The van der Waals surface area contributed by atoms with E-state index in [2.05, 4.69) is 10.2 Å². The third kappa shape index (κ3) is 6.86. The zero-order valence-corrected chi connectivity index (χ0v) is 22.1. The quantitative estimate of drug-likeness (QED) is 0.437. The number of hydrogen-bond acceptors (Lipinski definition) is 5. The average Bonchev–Trinajstić information content (AvgIpc) is 2.83. The minimum absolute atomic E-state index is 0.151. The van der Waals surface area contributed by atoms with E-state index < -0.39 is 5.54 Å². The molecule has 1 aromatic heterocycles. The Bertz CT molecular complexity index is 1280. The molecule has 8 heteroatoms. The van der Waals surface area contributed by atoms with Crippen LogP contribution in [0, 0.1) is 0 Å². The largest absolute Gasteiger partial charge is 0.494 e. The third-order valence-electron chi connectivity index (χ3n) is 6.16. The van der Waals surface area contributed by atoms with Crippen molar-refractivity contribution in [1.29, 1.82) is 0 Å². The summed E-state index contributed by atoms with van der Waals surface area (Å²) in [6, 6.07) is 12.5. The highest BCUT2D eigenvalue weighted by atomic mass is 35.5. The van der Waals surface area contributed by atoms with Crippen molar-refractivity contribution in [3.63, 3.8) is 0 Å². The van der Waals surface area contributed by atoms with Gasteiger partial charge in [0.25, 0.3) is 5.56 Å². The second-order valence-electron chi connectivity index (χ2n) is 10.4. The van der Waals surface area contributed by atoms with Gasteiger partial charge in [-0.15, -0.1) is 0 Å². The lowest BCUT2D eigenvalue weighted by atomic mass is 10.1. The van der Waals surface area contributed by atoms with Crippen molar-refractivity contribution >= 4 is 28.4 Å². The molecule has 36 heavy (non-hydrogen) atoms. The lowest BCUT2D eigenvalue weighted by Gasteiger charge is -2.26. The fourth-order valence-electron chi connectivity index (χ4n) is 4.55. The van der Waals surface area contributed by atoms with E-state index in [9.17, 15) is 9.59 Å². The van der Waals surface area contributed by atoms with Crippen molar-refractivity contribution in [1.82, 2.24) is 19.8 Å². The average molecular weight is 511 g/mol. The van der Waals surface area contributed by atoms with E-state index in [4.69, 9.17) is 21.3 Å². The van der Waals surface area contributed by atoms with Gasteiger partial charge in [0.05, 0.1) is 17.5 Å². The number of fused-ring (bicyclic) bond motifs is 1. The zero-order chi connectivity index (χ0) is 25.7. The highest BCUT2D eigenvalue weighted by Crippen LogP contribution is 2.24. The third-order valence-corrected chi connectivity index (χ3v) is 6.40. The van der Waals surface area contributed by atoms with Crippen LogP contribution in [-0.2, 0) is 11.3 Å². The Balaban J connectivity index is 1.61. The summed E-state index contributed by atoms with van der Waals surface area (Å²) in [5.41, 5.74) is 0.500. The first kappa shape index (κ1) is 26.2. The molecule has 2 heterocycles. The molecule has 0 spiro atoms. The minimum Gasteiger partial charge on any atom is -0.494 e. The second kappa shape index (κ2) is 11.4. The number of amides is 1. The Morgan fingerprint density at radius 3 is 2.61 bits per heavy atom. The number of halogens is 1. The van der Waals surface area contributed by atoms with E-state index in [1.165, 1.54) is 36.9 Å². The standard InChI is InChI=1S/C28H35ClN4O3/c1-28(2,3)31-25(34)19-33-26(20-9-7-10-21(29)17-20)30-24-12-11-22(18-23(24)27(33)35)36-16-8-15-32-13-5-4-6-14-32/h7,9-12,17-18H,4-6,8,13-16,19H2,1-3H3,(H,31,34). The molecule has 0 bridgehead atoms. The molecule has 0 saturated carbocycles. The lowest BCUT2D eigenvalue weighted by Crippen LogP contribution is -2.43. The normalized spacial score (nSPS) is 14.7. The molecule has 0 atom stereocenters. The first-order valence-electron chi connectivity index (χ1n) is 12.7. The number of nitrogens with zero attached hydrogens (tertiary/aromatic N) is 3. The summed E-state index contributed by atoms with van der Waals surface area (Å²) in [4.78, 5) is 33.7. The number of piperidine rings is 1. The Labute approximate surface area is 217 Å². The van der Waals surface area contributed by atoms with Gasteiger partial charge in [0, 0.05) is 22.7 Å². The Kier molecular flexibility index (Phi) is 8.32. The predicted octanol–water partition coefficient (Wildman–Crippen LogP) is 4.89. The van der Waals surface area contributed by atoms with Crippen molar-refractivity contribution in [3.05, 3.63) is 57.8 Å². The van der Waals surface area contributed by atoms with Crippen LogP contribution < -0.4 is 15.6 Å². The summed E-state index contributed by atoms with van der Waals surface area (Å²) in [5, 5.41) is 3.87. The van der Waals surface area contributed by atoms with Gasteiger partial charge in [-0.1, -0.05) is 30.2 Å². The molecule has 1 saturated heterocycles. The van der Waals surface area contributed by atoms with E-state index in [-0.39, 0.29) is 18.0 Å². The first-order chi connectivity index (χ1) is 17.2. The Morgan fingerprint density at radius 1 is 1.11 bits per heavy atom. The number of carbonyl (C=O) groups excluding carboxylic acids is 1. The fourth-order valence-corrected chi connectivity index (χ4v) is 4.74. The van der Waals surface area contributed by atoms with Gasteiger partial charge in [-0.05, 0) is 83.5 Å². The van der Waals surface area contributed by atoms with Crippen LogP contribution in [0.15, 0.2) is 47.3 Å². The highest BCUT2D eigenvalue weighted by Gasteiger charge is 2.19. The Morgan fingerprint density at radius 2 is 1.89 bits per heavy atom. The number of benzene rings is 2. The summed E-state index contributed by atoms with van der Waals surface area (Å²) in [5.74, 6) is 0.759. The van der Waals surface area contributed by atoms with E-state index in [0.717, 1.165) is 13.0 Å². The highest BCUT2D eigenvalue weighted by molar-refractivity contribution is 6.30. The van der Waals surface area contributed by atoms with Crippen LogP contribution >= 0.6 is 11.6 Å². The minimum atomic E-state index is -0.420. The molecule has 1 aliphatic rings. The number of rotatable bonds is 8. The number of nitrogens with one attached hydrogen (secondary N) is 1. The van der Waals surface area contributed by atoms with Crippen molar-refractivity contribution < 1.29 is 9.53 Å². The monoisotopic (exact) mass is 510 g/mol. The molecule has 1 aliphatic heterocycles. The Hall–Kier alpha value is -2.90. The van der Waals surface area contributed by atoms with Crippen LogP contribution in [0.1, 0.15) is 46.5 Å². The van der Waals surface area contributed by atoms with Gasteiger partial charge in [0.15, 0.2) is 0 Å². The van der Waals surface area contributed by atoms with E-state index in [1.807, 2.05) is 32.9 Å². The van der Waals surface area contributed by atoms with Crippen molar-refractivity contribution in [2.24, 2.45) is 0 Å². The van der Waals surface area contributed by atoms with Gasteiger partial charge in [-0.25, -0.2) is 4.98 Å². The summed E-state index contributed by atoms with van der Waals surface area (Å²) in [7, 11) is 0. The topological polar surface area (TPSA) is 76.5 Å². The van der Waals surface area contributed by atoms with Crippen LogP contribution in [0.4, 0.5) is 0 Å². The molecular weight excluding hydrogens is 476 g/mol. The van der Waals surface area contributed by atoms with Crippen molar-refractivity contribution in [2.45, 2.75) is 58.5 Å². The van der Waals surface area contributed by atoms with Gasteiger partial charge < -0.3 is 15.0 Å². The first-order valence-corrected chi connectivity index (χ1v) is 13.0. The number of hydrogen-bond donors (Lipinski definition) is 1. The summed E-state index contributed by atoms with van der Waals surface area (Å²) in [6.07, 6.45) is 4.80. The SMILES string of the molecule is CC(C)(C)NC(=O)Cn1c(-c2cccc(Cl)c2)nc2ccc(OCCCN3CCCCC3)cc2c1=O. The molecule has 7 nitrogen and oxygen atoms in total. The van der Waals surface area contributed by atoms with Crippen LogP contribution in [-0.4, -0.2) is 52.1 Å². The zero-order valence-electron chi connectivity index (χ0n) is 21.3. The molecule has 0 radical (unpaired) electrons. The molecule has 2 aromatic carbocycles. The molecule has 1 N–H and O–H groups in total. The maximum absolute atomic E-state index is 13.6. The van der Waals surface area contributed by atoms with Gasteiger partial charge in [0.1, 0.15) is 18.1 Å². The van der Waals surface area contributed by atoms with Crippen LogP contribution in [0.2, 0.25) is 5.02 Å². The molecule has 1 fully saturated rings. The number of ether oxygens (including phenoxy) is 1. The van der Waals surface area contributed by atoms with Crippen LogP contribution in [0.5, 0.6) is 5.75 Å². The number of likely N-dealkylation sites (tertiary alicyclic amines) is 1. The molecule has 3 aromatic rings. The van der Waals surface area contributed by atoms with E-state index >= 15 is 0 Å². The van der Waals surface area contributed by atoms with Gasteiger partial charge in [0.2, 0.25) is 5.91 Å². The van der Waals surface area contributed by atoms with Crippen LogP contribution in [0.25, 0.3) is 22.3 Å². The maximum Gasteiger partial charge on any atom is 0.262 e. The van der Waals surface area contributed by atoms with Gasteiger partial charge in [-0.2, -0.15) is 0 Å². The lowest BCUT2D eigenvalue weighted by molar-refractivity contribution is -0.123. The van der Waals surface area contributed by atoms with Gasteiger partial charge in [-0.3, -0.25) is 14.2 Å². The predicted molar refractivity (Wildman–Crippen MR) is 145 cm³/mol. The van der Waals surface area contributed by atoms with E-state index in [1.54, 1.807) is 30.3 Å². The summed E-state index contributed by atoms with van der Waals surface area (Å²) < 4.78 is 7.39. The molecule has 4 rings (SSSR count). The fraction of sp³-hybridized carbons (Fsp3) is 0.464. The van der Waals surface area contributed by atoms with E-state index in [0.29, 0.717) is 39.7 Å². The maximum atomic E-state index is 13.6. The molecular formula is C28H35ClN4O3. The molecule has 192 valence electrons. The number of carbonyl (C=O) groups is 1. The van der Waals surface area contributed by atoms with Crippen molar-refractivity contribution in [2.75, 3.05) is 26.2 Å². The smallest absolute Gasteiger partial charge is 0.262 e. The van der Waals surface area contributed by atoms with Crippen molar-refractivity contribution in [3.8, 4) is 17.1 Å². The van der Waals surface area contributed by atoms with Gasteiger partial charge >= 0.3 is 0 Å². The summed E-state index contributed by atoms with van der Waals surface area (Å²) in [6.45, 7) is 9.49. The molecule has 0 unspecified atom stereocenters. The second-order valence-corrected chi connectivity index (χ2v) is 10.9.